The predicted molar refractivity (Wildman–Crippen MR) is 188 cm³/mol. The van der Waals surface area contributed by atoms with Crippen LogP contribution in [-0.4, -0.2) is 130 Å². The average Bonchev–Trinajstić information content (AvgIpc) is 3.04. The van der Waals surface area contributed by atoms with E-state index in [1.807, 2.05) is 53.5 Å². The summed E-state index contributed by atoms with van der Waals surface area (Å²) in [6.45, 7) is 15.7. The maximum absolute atomic E-state index is 12.8. The maximum atomic E-state index is 12.8. The number of hydrogen-bond donors (Lipinski definition) is 1. The van der Waals surface area contributed by atoms with Gasteiger partial charge in [0.25, 0.3) is 0 Å². The van der Waals surface area contributed by atoms with E-state index < -0.39 is 11.2 Å². The first kappa shape index (κ1) is 37.3. The Labute approximate surface area is 294 Å². The molecule has 4 atom stereocenters. The highest BCUT2D eigenvalue weighted by atomic mass is 16.6. The Morgan fingerprint density at radius 3 is 1.55 bits per heavy atom. The highest BCUT2D eigenvalue weighted by Gasteiger charge is 2.45. The van der Waals surface area contributed by atoms with Gasteiger partial charge in [-0.05, 0) is 105 Å². The van der Waals surface area contributed by atoms with Gasteiger partial charge in [-0.2, -0.15) is 0 Å². The minimum Gasteiger partial charge on any atom is -0.444 e. The number of nitrogens with one attached hydrogen (secondary N) is 1. The Morgan fingerprint density at radius 2 is 1.06 bits per heavy atom. The fourth-order valence-electron chi connectivity index (χ4n) is 8.96. The summed E-state index contributed by atoms with van der Waals surface area (Å²) in [5.74, 6) is 1.21. The molecule has 4 saturated heterocycles. The van der Waals surface area contributed by atoms with Crippen LogP contribution in [0.25, 0.3) is 0 Å². The van der Waals surface area contributed by atoms with Crippen molar-refractivity contribution in [3.63, 3.8) is 0 Å². The Morgan fingerprint density at radius 1 is 0.633 bits per heavy atom. The van der Waals surface area contributed by atoms with Crippen molar-refractivity contribution < 1.29 is 28.7 Å². The quantitative estimate of drug-likeness (QED) is 0.365. The van der Waals surface area contributed by atoms with Gasteiger partial charge in [-0.3, -0.25) is 0 Å². The minimum atomic E-state index is -0.463. The van der Waals surface area contributed by atoms with Crippen molar-refractivity contribution in [3.8, 4) is 0 Å². The van der Waals surface area contributed by atoms with Crippen molar-refractivity contribution in [1.29, 1.82) is 0 Å². The van der Waals surface area contributed by atoms with Gasteiger partial charge in [0.1, 0.15) is 11.2 Å². The molecule has 4 heterocycles. The molecule has 0 aromatic heterocycles. The molecule has 0 unspecified atom stereocenters. The summed E-state index contributed by atoms with van der Waals surface area (Å²) in [4.78, 5) is 59.5. The van der Waals surface area contributed by atoms with Crippen molar-refractivity contribution in [2.24, 2.45) is 11.8 Å². The zero-order valence-corrected chi connectivity index (χ0v) is 31.4. The number of rotatable bonds is 2. The molecule has 0 aromatic rings. The molecule has 2 aliphatic carbocycles. The molecule has 4 aliphatic heterocycles. The van der Waals surface area contributed by atoms with Crippen molar-refractivity contribution in [1.82, 2.24) is 29.8 Å². The topological polar surface area (TPSA) is 115 Å². The van der Waals surface area contributed by atoms with Gasteiger partial charge >= 0.3 is 24.2 Å². The van der Waals surface area contributed by atoms with Crippen LogP contribution in [0.15, 0.2) is 0 Å². The summed E-state index contributed by atoms with van der Waals surface area (Å²) in [7, 11) is 1.93. The molecule has 6 aliphatic rings. The lowest BCUT2D eigenvalue weighted by Crippen LogP contribution is -2.63. The van der Waals surface area contributed by atoms with Gasteiger partial charge in [0, 0.05) is 70.5 Å². The number of amides is 6. The molecule has 0 spiro atoms. The first-order valence-electron chi connectivity index (χ1n) is 19.2. The van der Waals surface area contributed by atoms with Crippen LogP contribution in [0.2, 0.25) is 0 Å². The zero-order valence-electron chi connectivity index (χ0n) is 31.4. The molecule has 0 aromatic carbocycles. The minimum absolute atomic E-state index is 0.0915. The molecular formula is C37H64N6O6. The van der Waals surface area contributed by atoms with Gasteiger partial charge in [-0.15, -0.1) is 0 Å². The number of urea groups is 2. The number of hydrogen-bond acceptors (Lipinski definition) is 6. The van der Waals surface area contributed by atoms with E-state index in [4.69, 9.17) is 9.47 Å². The van der Waals surface area contributed by atoms with Crippen molar-refractivity contribution >= 4 is 24.2 Å². The molecule has 6 amide bonds. The molecule has 0 bridgehead atoms. The molecule has 0 radical (unpaired) electrons. The van der Waals surface area contributed by atoms with Crippen LogP contribution < -0.4 is 5.32 Å². The van der Waals surface area contributed by atoms with Crippen LogP contribution in [-0.2, 0) is 9.47 Å². The van der Waals surface area contributed by atoms with Crippen LogP contribution in [0, 0.1) is 11.8 Å². The smallest absolute Gasteiger partial charge is 0.410 e. The van der Waals surface area contributed by atoms with Crippen molar-refractivity contribution in [2.45, 2.75) is 154 Å². The lowest BCUT2D eigenvalue weighted by atomic mass is 9.80. The Kier molecular flexibility index (Phi) is 11.8. The zero-order chi connectivity index (χ0) is 35.5. The predicted octanol–water partition coefficient (Wildman–Crippen LogP) is 6.28. The third-order valence-electron chi connectivity index (χ3n) is 11.3. The Bertz CT molecular complexity index is 1170. The van der Waals surface area contributed by atoms with E-state index in [0.29, 0.717) is 50.1 Å². The van der Waals surface area contributed by atoms with E-state index in [-0.39, 0.29) is 36.3 Å². The van der Waals surface area contributed by atoms with Crippen molar-refractivity contribution in [2.75, 3.05) is 46.3 Å². The second-order valence-electron chi connectivity index (χ2n) is 17.3. The van der Waals surface area contributed by atoms with E-state index in [1.54, 1.807) is 9.80 Å². The van der Waals surface area contributed by atoms with E-state index in [2.05, 4.69) is 15.1 Å². The van der Waals surface area contributed by atoms with Gasteiger partial charge in [0.05, 0.1) is 0 Å². The normalized spacial score (nSPS) is 28.9. The lowest BCUT2D eigenvalue weighted by Gasteiger charge is -2.51. The summed E-state index contributed by atoms with van der Waals surface area (Å²) < 4.78 is 10.9. The Balaban J connectivity index is 0.000000191. The van der Waals surface area contributed by atoms with Gasteiger partial charge in [-0.1, -0.05) is 25.7 Å². The molecule has 49 heavy (non-hydrogen) atoms. The summed E-state index contributed by atoms with van der Waals surface area (Å²) in [5.41, 5.74) is -0.926. The summed E-state index contributed by atoms with van der Waals surface area (Å²) in [5, 5.41) is 3.08. The van der Waals surface area contributed by atoms with Crippen LogP contribution >= 0.6 is 0 Å². The highest BCUT2D eigenvalue weighted by Crippen LogP contribution is 2.37. The van der Waals surface area contributed by atoms with Gasteiger partial charge in [0.2, 0.25) is 0 Å². The fourth-order valence-corrected chi connectivity index (χ4v) is 8.96. The Hall–Kier alpha value is -2.92. The van der Waals surface area contributed by atoms with Gasteiger partial charge < -0.3 is 39.3 Å². The molecular weight excluding hydrogens is 624 g/mol. The first-order chi connectivity index (χ1) is 23.1. The fraction of sp³-hybridized carbons (Fsp3) is 0.892. The van der Waals surface area contributed by atoms with Crippen LogP contribution in [0.5, 0.6) is 0 Å². The highest BCUT2D eigenvalue weighted by molar-refractivity contribution is 5.77. The van der Waals surface area contributed by atoms with E-state index >= 15 is 0 Å². The van der Waals surface area contributed by atoms with Gasteiger partial charge in [-0.25, -0.2) is 19.2 Å². The van der Waals surface area contributed by atoms with Crippen LogP contribution in [0.3, 0.4) is 0 Å². The summed E-state index contributed by atoms with van der Waals surface area (Å²) >= 11 is 0. The number of carbonyl (C=O) groups excluding carboxylic acids is 4. The number of piperidine rings is 2. The number of ether oxygens (including phenoxy) is 2. The molecule has 6 rings (SSSR count). The van der Waals surface area contributed by atoms with Crippen molar-refractivity contribution in [3.05, 3.63) is 0 Å². The maximum Gasteiger partial charge on any atom is 0.410 e. The second kappa shape index (κ2) is 15.5. The average molecular weight is 689 g/mol. The molecule has 2 saturated carbocycles. The SMILES string of the molecule is CC(C)(C)OC(=O)N1CCC(N2C(=O)NC[C@H]3CCCC[C@@H]32)CC1.CN1C[C@H]2CCCC[C@@H]2N(C2CCN(C(=O)OC(C)(C)C)CC2)C1=O. The monoisotopic (exact) mass is 688 g/mol. The van der Waals surface area contributed by atoms with E-state index in [9.17, 15) is 19.2 Å². The van der Waals surface area contributed by atoms with Crippen LogP contribution in [0.1, 0.15) is 119 Å². The largest absolute Gasteiger partial charge is 0.444 e. The lowest BCUT2D eigenvalue weighted by molar-refractivity contribution is -0.00378. The number of likely N-dealkylation sites (tertiary alicyclic amines) is 2. The summed E-state index contributed by atoms with van der Waals surface area (Å²) in [6.07, 6.45) is 12.6. The van der Waals surface area contributed by atoms with Crippen LogP contribution in [0.4, 0.5) is 19.2 Å². The molecule has 6 fully saturated rings. The second-order valence-corrected chi connectivity index (χ2v) is 17.3. The molecule has 1 N–H and O–H groups in total. The molecule has 12 nitrogen and oxygen atoms in total. The summed E-state index contributed by atoms with van der Waals surface area (Å²) in [6, 6.07) is 1.56. The molecule has 12 heteroatoms. The number of nitrogens with zero attached hydrogens (tertiary/aromatic N) is 5. The first-order valence-corrected chi connectivity index (χ1v) is 19.2. The molecule has 278 valence electrons. The third-order valence-corrected chi connectivity index (χ3v) is 11.3. The standard InChI is InChI=1S/C19H33N3O3.C18H31N3O3/c1-19(2,3)25-18(24)21-11-9-15(10-12-21)22-16-8-6-5-7-14(16)13-20(4)17(22)23;1-18(2,3)24-17(23)20-10-8-14(9-11-20)21-15-7-5-4-6-13(15)12-19-16(21)22/h14-16H,5-13H2,1-4H3;13-15H,4-12H2,1-3H3,(H,19,22)/t14-,16+;13-,15+/m11/s1. The van der Waals surface area contributed by atoms with Gasteiger partial charge in [0.15, 0.2) is 0 Å². The van der Waals surface area contributed by atoms with E-state index in [0.717, 1.165) is 51.6 Å². The number of carbonyl (C=O) groups is 4. The third kappa shape index (κ3) is 9.45. The number of fused-ring (bicyclic) bond motifs is 2. The van der Waals surface area contributed by atoms with E-state index in [1.165, 1.54) is 38.5 Å².